The molecule has 6 nitrogen and oxygen atoms in total. The minimum atomic E-state index is -0.875. The molecule has 3 aromatic rings. The maximum absolute atomic E-state index is 13.2. The van der Waals surface area contributed by atoms with Gasteiger partial charge in [-0.05, 0) is 47.2 Å². The van der Waals surface area contributed by atoms with E-state index in [1.807, 2.05) is 6.92 Å². The van der Waals surface area contributed by atoms with Gasteiger partial charge in [-0.15, -0.1) is 14.8 Å². The van der Waals surface area contributed by atoms with Crippen molar-refractivity contribution in [3.63, 3.8) is 0 Å². The molecule has 1 N–H and O–H groups in total. The molecule has 0 aliphatic heterocycles. The van der Waals surface area contributed by atoms with E-state index in [1.54, 1.807) is 12.1 Å². The zero-order valence-corrected chi connectivity index (χ0v) is 10.5. The summed E-state index contributed by atoms with van der Waals surface area (Å²) in [6.45, 7) is 1.82. The second-order valence-corrected chi connectivity index (χ2v) is 4.28. The Morgan fingerprint density at radius 1 is 1.15 bits per heavy atom. The van der Waals surface area contributed by atoms with Crippen LogP contribution in [0.3, 0.4) is 0 Å². The fourth-order valence-electron chi connectivity index (χ4n) is 1.81. The third-order valence-electron chi connectivity index (χ3n) is 2.88. The minimum Gasteiger partial charge on any atom is -0.362 e. The lowest BCUT2D eigenvalue weighted by atomic mass is 10.1. The molecule has 8 heteroatoms. The first-order chi connectivity index (χ1) is 9.63. The van der Waals surface area contributed by atoms with Crippen LogP contribution >= 0.6 is 0 Å². The van der Waals surface area contributed by atoms with Crippen molar-refractivity contribution in [2.24, 2.45) is 0 Å². The maximum atomic E-state index is 13.2. The molecule has 0 bridgehead atoms. The van der Waals surface area contributed by atoms with Gasteiger partial charge in [0, 0.05) is 0 Å². The number of rotatable bonds is 3. The van der Waals surface area contributed by atoms with E-state index in [-0.39, 0.29) is 6.04 Å². The van der Waals surface area contributed by atoms with Gasteiger partial charge in [0.15, 0.2) is 17.3 Å². The minimum absolute atomic E-state index is 0.244. The maximum Gasteiger partial charge on any atom is 0.200 e. The van der Waals surface area contributed by atoms with E-state index >= 15 is 0 Å². The number of nitrogens with one attached hydrogen (secondary N) is 1. The first-order valence-corrected chi connectivity index (χ1v) is 5.90. The lowest BCUT2D eigenvalue weighted by Crippen LogP contribution is -2.10. The molecule has 0 amide bonds. The van der Waals surface area contributed by atoms with Crippen LogP contribution < -0.4 is 5.32 Å². The van der Waals surface area contributed by atoms with Crippen LogP contribution in [0.25, 0.3) is 5.65 Å². The monoisotopic (exact) mass is 276 g/mol. The van der Waals surface area contributed by atoms with E-state index in [0.717, 1.165) is 12.1 Å². The Hall–Kier alpha value is -2.64. The Balaban J connectivity index is 1.83. The number of hydrogen-bond acceptors (Lipinski definition) is 5. The average molecular weight is 276 g/mol. The van der Waals surface area contributed by atoms with Crippen molar-refractivity contribution in [3.8, 4) is 0 Å². The van der Waals surface area contributed by atoms with Gasteiger partial charge in [0.2, 0.25) is 0 Å². The fourth-order valence-corrected chi connectivity index (χ4v) is 1.81. The summed E-state index contributed by atoms with van der Waals surface area (Å²) in [6, 6.07) is 6.94. The van der Waals surface area contributed by atoms with Crippen molar-refractivity contribution < 1.29 is 8.78 Å². The molecule has 0 aliphatic rings. The van der Waals surface area contributed by atoms with Crippen LogP contribution in [0.5, 0.6) is 0 Å². The first-order valence-electron chi connectivity index (χ1n) is 5.90. The van der Waals surface area contributed by atoms with E-state index in [2.05, 4.69) is 25.9 Å². The van der Waals surface area contributed by atoms with Crippen LogP contribution in [-0.4, -0.2) is 25.3 Å². The standard InChI is InChI=1S/C12H10F2N6/c1-7(8-2-3-9(13)10(14)6-8)15-11-4-5-12-16-18-19-20(12)17-11/h2-7H,1H3,(H,15,17)/t7-/m0/s1. The van der Waals surface area contributed by atoms with Gasteiger partial charge in [0.05, 0.1) is 6.04 Å². The number of nitrogens with zero attached hydrogens (tertiary/aromatic N) is 5. The number of benzene rings is 1. The number of anilines is 1. The van der Waals surface area contributed by atoms with Crippen molar-refractivity contribution >= 4 is 11.5 Å². The molecule has 0 unspecified atom stereocenters. The number of hydrogen-bond donors (Lipinski definition) is 1. The third kappa shape index (κ3) is 2.27. The van der Waals surface area contributed by atoms with Crippen molar-refractivity contribution in [1.29, 1.82) is 0 Å². The lowest BCUT2D eigenvalue weighted by molar-refractivity contribution is 0.506. The van der Waals surface area contributed by atoms with Gasteiger partial charge in [-0.25, -0.2) is 8.78 Å². The molecule has 0 radical (unpaired) electrons. The van der Waals surface area contributed by atoms with Crippen LogP contribution in [0.4, 0.5) is 14.6 Å². The van der Waals surface area contributed by atoms with Gasteiger partial charge < -0.3 is 5.32 Å². The number of aromatic nitrogens is 5. The first kappa shape index (κ1) is 12.4. The zero-order valence-electron chi connectivity index (χ0n) is 10.5. The number of fused-ring (bicyclic) bond motifs is 1. The van der Waals surface area contributed by atoms with Crippen molar-refractivity contribution in [3.05, 3.63) is 47.5 Å². The summed E-state index contributed by atoms with van der Waals surface area (Å²) in [5.41, 5.74) is 1.14. The Bertz CT molecular complexity index is 757. The topological polar surface area (TPSA) is 68.0 Å². The summed E-state index contributed by atoms with van der Waals surface area (Å²) in [5, 5.41) is 18.1. The van der Waals surface area contributed by atoms with Crippen LogP contribution in [0.15, 0.2) is 30.3 Å². The molecule has 0 saturated heterocycles. The van der Waals surface area contributed by atoms with Gasteiger partial charge in [-0.2, -0.15) is 0 Å². The second-order valence-electron chi connectivity index (χ2n) is 4.28. The Labute approximate surface area is 112 Å². The summed E-state index contributed by atoms with van der Waals surface area (Å²) in [7, 11) is 0. The molecule has 2 heterocycles. The Morgan fingerprint density at radius 2 is 2.00 bits per heavy atom. The molecule has 1 atom stereocenters. The number of halogens is 2. The van der Waals surface area contributed by atoms with E-state index < -0.39 is 11.6 Å². The smallest absolute Gasteiger partial charge is 0.200 e. The molecule has 1 aromatic carbocycles. The van der Waals surface area contributed by atoms with Crippen molar-refractivity contribution in [2.75, 3.05) is 5.32 Å². The predicted molar refractivity (Wildman–Crippen MR) is 67.0 cm³/mol. The van der Waals surface area contributed by atoms with E-state index in [9.17, 15) is 8.78 Å². The van der Waals surface area contributed by atoms with Crippen molar-refractivity contribution in [1.82, 2.24) is 25.3 Å². The Kier molecular flexibility index (Phi) is 2.97. The van der Waals surface area contributed by atoms with Gasteiger partial charge in [-0.3, -0.25) is 0 Å². The van der Waals surface area contributed by atoms with E-state index in [0.29, 0.717) is 17.0 Å². The van der Waals surface area contributed by atoms with Crippen molar-refractivity contribution in [2.45, 2.75) is 13.0 Å². The molecule has 0 spiro atoms. The number of tetrazole rings is 1. The quantitative estimate of drug-likeness (QED) is 0.792. The molecule has 0 saturated carbocycles. The van der Waals surface area contributed by atoms with Gasteiger partial charge in [0.25, 0.3) is 0 Å². The molecule has 0 aliphatic carbocycles. The fraction of sp³-hybridized carbons (Fsp3) is 0.167. The largest absolute Gasteiger partial charge is 0.362 e. The molecule has 3 rings (SSSR count). The summed E-state index contributed by atoms with van der Waals surface area (Å²) < 4.78 is 27.4. The highest BCUT2D eigenvalue weighted by Crippen LogP contribution is 2.19. The van der Waals surface area contributed by atoms with Gasteiger partial charge >= 0.3 is 0 Å². The summed E-state index contributed by atoms with van der Waals surface area (Å²) in [5.74, 6) is -1.21. The highest BCUT2D eigenvalue weighted by Gasteiger charge is 2.10. The van der Waals surface area contributed by atoms with Crippen LogP contribution in [0.2, 0.25) is 0 Å². The van der Waals surface area contributed by atoms with Gasteiger partial charge in [0.1, 0.15) is 5.82 Å². The molecule has 20 heavy (non-hydrogen) atoms. The van der Waals surface area contributed by atoms with Crippen LogP contribution in [0.1, 0.15) is 18.5 Å². The summed E-state index contributed by atoms with van der Waals surface area (Å²) in [6.07, 6.45) is 0. The molecular weight excluding hydrogens is 266 g/mol. The van der Waals surface area contributed by atoms with Crippen LogP contribution in [-0.2, 0) is 0 Å². The third-order valence-corrected chi connectivity index (χ3v) is 2.88. The molecule has 0 fully saturated rings. The highest BCUT2D eigenvalue weighted by molar-refractivity contribution is 5.43. The molecule has 102 valence electrons. The van der Waals surface area contributed by atoms with Gasteiger partial charge in [-0.1, -0.05) is 6.07 Å². The van der Waals surface area contributed by atoms with E-state index in [4.69, 9.17) is 0 Å². The Morgan fingerprint density at radius 3 is 2.80 bits per heavy atom. The average Bonchev–Trinajstić information content (AvgIpc) is 2.89. The van der Waals surface area contributed by atoms with E-state index in [1.165, 1.54) is 10.7 Å². The lowest BCUT2D eigenvalue weighted by Gasteiger charge is -2.14. The zero-order chi connectivity index (χ0) is 14.1. The summed E-state index contributed by atoms with van der Waals surface area (Å²) in [4.78, 5) is 0. The second kappa shape index (κ2) is 4.80. The SMILES string of the molecule is C[C@H](Nc1ccc2nnnn2n1)c1ccc(F)c(F)c1. The molecular formula is C12H10F2N6. The highest BCUT2D eigenvalue weighted by atomic mass is 19.2. The predicted octanol–water partition coefficient (Wildman–Crippen LogP) is 1.97. The van der Waals surface area contributed by atoms with Crippen LogP contribution in [0, 0.1) is 11.6 Å². The summed E-state index contributed by atoms with van der Waals surface area (Å²) >= 11 is 0. The normalized spacial score (nSPS) is 12.6. The molecule has 2 aromatic heterocycles.